The quantitative estimate of drug-likeness (QED) is 0.329. The minimum absolute atomic E-state index is 0. The molecule has 31 valence electrons. The molecule has 0 rings (SSSR count). The second-order valence-electron chi connectivity index (χ2n) is 0.977. The van der Waals surface area contributed by atoms with E-state index in [0.29, 0.717) is 0 Å². The summed E-state index contributed by atoms with van der Waals surface area (Å²) in [4.78, 5) is 0. The minimum Gasteiger partial charge on any atom is -0.0917 e. The van der Waals surface area contributed by atoms with Gasteiger partial charge < -0.3 is 0 Å². The van der Waals surface area contributed by atoms with Crippen LogP contribution >= 0.6 is 0 Å². The van der Waals surface area contributed by atoms with Gasteiger partial charge in [0.2, 0.25) is 0 Å². The van der Waals surface area contributed by atoms with Crippen molar-refractivity contribution in [3.8, 4) is 0 Å². The van der Waals surface area contributed by atoms with Crippen molar-refractivity contribution in [2.75, 3.05) is 0 Å². The Morgan fingerprint density at radius 2 is 2.00 bits per heavy atom. The van der Waals surface area contributed by atoms with Crippen LogP contribution in [0.25, 0.3) is 0 Å². The van der Waals surface area contributed by atoms with Crippen molar-refractivity contribution >= 4 is 18.9 Å². The smallest absolute Gasteiger partial charge is 0 e. The van der Waals surface area contributed by atoms with Gasteiger partial charge in [-0.05, 0) is 13.3 Å². The maximum absolute atomic E-state index is 2.12. The van der Waals surface area contributed by atoms with E-state index < -0.39 is 0 Å². The van der Waals surface area contributed by atoms with E-state index in [0.717, 1.165) is 6.42 Å². The second-order valence-corrected chi connectivity index (χ2v) is 0.977. The van der Waals surface area contributed by atoms with Crippen LogP contribution in [0, 0.1) is 0 Å². The average Bonchev–Trinajstić information content (AvgIpc) is 1.41. The summed E-state index contributed by atoms with van der Waals surface area (Å²) in [5.74, 6) is 0. The molecule has 0 aromatic carbocycles. The standard InChI is InChI=1S/C5H10.Li/c1-3-5-4-2;/h3,5H,4H2,1-2H3;. The predicted molar refractivity (Wildman–Crippen MR) is 30.9 cm³/mol. The monoisotopic (exact) mass is 77.1 g/mol. The summed E-state index contributed by atoms with van der Waals surface area (Å²) in [7, 11) is 0. The van der Waals surface area contributed by atoms with Crippen LogP contribution in [0.3, 0.4) is 0 Å². The molecule has 0 fully saturated rings. The van der Waals surface area contributed by atoms with Crippen molar-refractivity contribution in [3.05, 3.63) is 12.2 Å². The molecule has 0 saturated carbocycles. The topological polar surface area (TPSA) is 0 Å². The van der Waals surface area contributed by atoms with Gasteiger partial charge in [0, 0.05) is 18.9 Å². The fourth-order valence-corrected chi connectivity index (χ4v) is 0.236. The molecule has 0 heterocycles. The summed E-state index contributed by atoms with van der Waals surface area (Å²) in [6.07, 6.45) is 5.34. The molecule has 0 spiro atoms. The van der Waals surface area contributed by atoms with Gasteiger partial charge in [0.05, 0.1) is 0 Å². The normalized spacial score (nSPS) is 8.33. The van der Waals surface area contributed by atoms with E-state index in [4.69, 9.17) is 0 Å². The van der Waals surface area contributed by atoms with Crippen LogP contribution in [0.15, 0.2) is 12.2 Å². The van der Waals surface area contributed by atoms with E-state index in [2.05, 4.69) is 19.1 Å². The van der Waals surface area contributed by atoms with Gasteiger partial charge in [-0.25, -0.2) is 0 Å². The Labute approximate surface area is 51.8 Å². The molecule has 0 atom stereocenters. The molecule has 6 heavy (non-hydrogen) atoms. The first-order valence-electron chi connectivity index (χ1n) is 2.03. The van der Waals surface area contributed by atoms with Crippen molar-refractivity contribution < 1.29 is 0 Å². The summed E-state index contributed by atoms with van der Waals surface area (Å²) in [6.45, 7) is 4.16. The van der Waals surface area contributed by atoms with E-state index in [1.807, 2.05) is 6.92 Å². The molecule has 0 aliphatic carbocycles. The molecule has 0 saturated heterocycles. The van der Waals surface area contributed by atoms with Crippen molar-refractivity contribution in [2.24, 2.45) is 0 Å². The van der Waals surface area contributed by atoms with Crippen LogP contribution < -0.4 is 0 Å². The van der Waals surface area contributed by atoms with Crippen LogP contribution in [0.1, 0.15) is 20.3 Å². The van der Waals surface area contributed by atoms with Crippen molar-refractivity contribution in [2.45, 2.75) is 20.3 Å². The zero-order valence-electron chi connectivity index (χ0n) is 4.86. The molecule has 0 aromatic heterocycles. The first-order valence-corrected chi connectivity index (χ1v) is 2.03. The number of hydrogen-bond acceptors (Lipinski definition) is 0. The maximum atomic E-state index is 2.12. The molecular weight excluding hydrogens is 67.0 g/mol. The fraction of sp³-hybridized carbons (Fsp3) is 0.600. The van der Waals surface area contributed by atoms with Gasteiger partial charge in [-0.3, -0.25) is 0 Å². The summed E-state index contributed by atoms with van der Waals surface area (Å²) in [5, 5.41) is 0. The molecule has 0 nitrogen and oxygen atoms in total. The largest absolute Gasteiger partial charge is 0.0917 e. The zero-order chi connectivity index (χ0) is 4.12. The molecular formula is C5H10Li. The zero-order valence-corrected chi connectivity index (χ0v) is 4.86. The van der Waals surface area contributed by atoms with E-state index >= 15 is 0 Å². The van der Waals surface area contributed by atoms with Gasteiger partial charge in [0.25, 0.3) is 0 Å². The maximum Gasteiger partial charge on any atom is 0 e. The molecule has 1 radical (unpaired) electrons. The molecule has 0 unspecified atom stereocenters. The van der Waals surface area contributed by atoms with E-state index in [1.165, 1.54) is 0 Å². The SMILES string of the molecule is CC=CCC.[Li]. The molecule has 0 aliphatic rings. The molecule has 0 amide bonds. The van der Waals surface area contributed by atoms with Crippen molar-refractivity contribution in [1.29, 1.82) is 0 Å². The van der Waals surface area contributed by atoms with Gasteiger partial charge in [0.15, 0.2) is 0 Å². The Kier molecular flexibility index (Phi) is 14.4. The molecule has 1 heteroatoms. The second kappa shape index (κ2) is 9.02. The van der Waals surface area contributed by atoms with E-state index in [9.17, 15) is 0 Å². The first-order chi connectivity index (χ1) is 2.41. The summed E-state index contributed by atoms with van der Waals surface area (Å²) < 4.78 is 0. The predicted octanol–water partition coefficient (Wildman–Crippen LogP) is 1.59. The van der Waals surface area contributed by atoms with Gasteiger partial charge >= 0.3 is 0 Å². The summed E-state index contributed by atoms with van der Waals surface area (Å²) in [6, 6.07) is 0. The molecule has 0 aromatic rings. The van der Waals surface area contributed by atoms with Crippen LogP contribution in [0.4, 0.5) is 0 Å². The van der Waals surface area contributed by atoms with Crippen molar-refractivity contribution in [1.82, 2.24) is 0 Å². The number of rotatable bonds is 1. The van der Waals surface area contributed by atoms with Crippen LogP contribution in [0.5, 0.6) is 0 Å². The Hall–Kier alpha value is 0.337. The third-order valence-corrected chi connectivity index (χ3v) is 0.471. The van der Waals surface area contributed by atoms with Gasteiger partial charge in [-0.2, -0.15) is 0 Å². The first kappa shape index (κ1) is 9.60. The van der Waals surface area contributed by atoms with Gasteiger partial charge in [0.1, 0.15) is 0 Å². The Morgan fingerprint density at radius 3 is 2.00 bits per heavy atom. The Balaban J connectivity index is 0. The van der Waals surface area contributed by atoms with Crippen molar-refractivity contribution in [3.63, 3.8) is 0 Å². The van der Waals surface area contributed by atoms with E-state index in [1.54, 1.807) is 0 Å². The fourth-order valence-electron chi connectivity index (χ4n) is 0.236. The number of allylic oxidation sites excluding steroid dienone is 2. The molecule has 0 aliphatic heterocycles. The Morgan fingerprint density at radius 1 is 1.50 bits per heavy atom. The van der Waals surface area contributed by atoms with Gasteiger partial charge in [-0.15, -0.1) is 0 Å². The van der Waals surface area contributed by atoms with Crippen LogP contribution in [0.2, 0.25) is 0 Å². The third kappa shape index (κ3) is 8.84. The summed E-state index contributed by atoms with van der Waals surface area (Å²) >= 11 is 0. The van der Waals surface area contributed by atoms with E-state index in [-0.39, 0.29) is 18.9 Å². The summed E-state index contributed by atoms with van der Waals surface area (Å²) in [5.41, 5.74) is 0. The average molecular weight is 77.1 g/mol. The van der Waals surface area contributed by atoms with Crippen LogP contribution in [-0.2, 0) is 0 Å². The van der Waals surface area contributed by atoms with Gasteiger partial charge in [-0.1, -0.05) is 19.1 Å². The Bertz CT molecular complexity index is 30.9. The molecule has 0 bridgehead atoms. The minimum atomic E-state index is 0. The number of hydrogen-bond donors (Lipinski definition) is 0. The molecule has 0 N–H and O–H groups in total. The van der Waals surface area contributed by atoms with Crippen LogP contribution in [-0.4, -0.2) is 18.9 Å². The third-order valence-electron chi connectivity index (χ3n) is 0.471.